The molecule has 11 heteroatoms. The summed E-state index contributed by atoms with van der Waals surface area (Å²) in [6, 6.07) is 17.5. The van der Waals surface area contributed by atoms with Crippen LogP contribution in [0.25, 0.3) is 6.08 Å². The fraction of sp³-hybridized carbons (Fsp3) is 0.219. The molecular weight excluding hydrogens is 813 g/mol. The first-order valence-electron chi connectivity index (χ1n) is 13.3. The molecule has 0 fully saturated rings. The number of esters is 1. The van der Waals surface area contributed by atoms with Gasteiger partial charge in [-0.1, -0.05) is 41.7 Å². The maximum Gasteiger partial charge on any atom is 0.338 e. The van der Waals surface area contributed by atoms with Gasteiger partial charge in [-0.2, -0.15) is 0 Å². The third-order valence-corrected chi connectivity index (χ3v) is 9.82. The maximum absolute atomic E-state index is 14.3. The predicted octanol–water partition coefficient (Wildman–Crippen LogP) is 6.84. The van der Waals surface area contributed by atoms with Gasteiger partial charge in [-0.25, -0.2) is 14.2 Å². The van der Waals surface area contributed by atoms with Gasteiger partial charge < -0.3 is 9.47 Å². The van der Waals surface area contributed by atoms with E-state index < -0.39 is 12.0 Å². The van der Waals surface area contributed by atoms with E-state index in [0.717, 1.165) is 17.6 Å². The van der Waals surface area contributed by atoms with Crippen molar-refractivity contribution in [2.45, 2.75) is 44.4 Å². The van der Waals surface area contributed by atoms with Crippen LogP contribution in [0.3, 0.4) is 0 Å². The molecule has 0 saturated heterocycles. The van der Waals surface area contributed by atoms with Gasteiger partial charge in [0.25, 0.3) is 5.56 Å². The molecule has 1 aliphatic rings. The summed E-state index contributed by atoms with van der Waals surface area (Å²) in [5.74, 6) is -0.289. The number of thioether (sulfide) groups is 1. The van der Waals surface area contributed by atoms with E-state index in [-0.39, 0.29) is 24.1 Å². The molecule has 4 aromatic rings. The van der Waals surface area contributed by atoms with E-state index in [0.29, 0.717) is 37.5 Å². The van der Waals surface area contributed by atoms with E-state index in [1.165, 1.54) is 17.4 Å². The van der Waals surface area contributed by atoms with E-state index in [9.17, 15) is 14.0 Å². The van der Waals surface area contributed by atoms with Gasteiger partial charge in [0, 0.05) is 19.6 Å². The number of ether oxygens (including phenoxy) is 2. The van der Waals surface area contributed by atoms with Crippen molar-refractivity contribution < 1.29 is 18.7 Å². The Kier molecular flexibility index (Phi) is 10.1. The van der Waals surface area contributed by atoms with Gasteiger partial charge in [-0.3, -0.25) is 9.36 Å². The quantitative estimate of drug-likeness (QED) is 0.111. The molecule has 0 amide bonds. The highest BCUT2D eigenvalue weighted by Gasteiger charge is 2.33. The molecule has 1 aliphatic heterocycles. The number of carbonyl (C=O) groups is 1. The summed E-state index contributed by atoms with van der Waals surface area (Å²) < 4.78 is 29.9. The molecule has 0 aliphatic carbocycles. The second-order valence-corrected chi connectivity index (χ2v) is 14.3. The Labute approximate surface area is 284 Å². The van der Waals surface area contributed by atoms with Crippen molar-refractivity contribution in [3.05, 3.63) is 121 Å². The molecule has 0 spiro atoms. The fourth-order valence-electron chi connectivity index (χ4n) is 4.71. The Morgan fingerprint density at radius 1 is 1.16 bits per heavy atom. The molecule has 5 rings (SSSR count). The lowest BCUT2D eigenvalue weighted by atomic mass is 9.96. The second kappa shape index (κ2) is 13.7. The first kappa shape index (κ1) is 31.9. The van der Waals surface area contributed by atoms with Crippen LogP contribution in [0.5, 0.6) is 5.75 Å². The predicted molar refractivity (Wildman–Crippen MR) is 186 cm³/mol. The number of allylic oxidation sites excluding steroid dienone is 1. The van der Waals surface area contributed by atoms with Gasteiger partial charge in [0.15, 0.2) is 4.80 Å². The van der Waals surface area contributed by atoms with Crippen LogP contribution in [0.2, 0.25) is 0 Å². The van der Waals surface area contributed by atoms with E-state index in [2.05, 4.69) is 45.2 Å². The summed E-state index contributed by atoms with van der Waals surface area (Å²) in [7, 11) is 0. The van der Waals surface area contributed by atoms with Crippen LogP contribution >= 0.6 is 68.3 Å². The highest BCUT2D eigenvalue weighted by molar-refractivity contribution is 14.1. The van der Waals surface area contributed by atoms with Gasteiger partial charge in [-0.15, -0.1) is 11.8 Å². The molecule has 0 bridgehead atoms. The standard InChI is InChI=1S/C32H27FI2N2O4S2/c1-17(2)41-31(39)27-18(3)36-32-37(28(27)19-9-11-23(42-4)12-10-19)30(38)26(43-32)14-21-13-22(34)15-25(35)29(21)40-16-20-7-5-6-8-24(20)33/h5-15,17,28H,16H2,1-4H3/b26-14-/t28-/m0/s1. The summed E-state index contributed by atoms with van der Waals surface area (Å²) in [5, 5.41) is 0. The van der Waals surface area contributed by atoms with E-state index in [1.807, 2.05) is 42.7 Å². The third-order valence-electron chi connectivity index (χ3n) is 6.67. The zero-order valence-corrected chi connectivity index (χ0v) is 29.6. The fourth-order valence-corrected chi connectivity index (χ4v) is 8.20. The van der Waals surface area contributed by atoms with E-state index >= 15 is 0 Å². The van der Waals surface area contributed by atoms with Crippen molar-refractivity contribution in [2.75, 3.05) is 6.26 Å². The Bertz CT molecular complexity index is 1920. The minimum absolute atomic E-state index is 0.0396. The van der Waals surface area contributed by atoms with Crippen LogP contribution in [0.1, 0.15) is 43.5 Å². The Balaban J connectivity index is 1.65. The van der Waals surface area contributed by atoms with Crippen molar-refractivity contribution >= 4 is 80.3 Å². The first-order chi connectivity index (χ1) is 20.6. The van der Waals surface area contributed by atoms with Crippen LogP contribution in [-0.2, 0) is 16.1 Å². The van der Waals surface area contributed by atoms with Crippen molar-refractivity contribution in [3.63, 3.8) is 0 Å². The molecule has 2 heterocycles. The van der Waals surface area contributed by atoms with E-state index in [4.69, 9.17) is 14.5 Å². The molecule has 0 saturated carbocycles. The lowest BCUT2D eigenvalue weighted by molar-refractivity contribution is -0.143. The van der Waals surface area contributed by atoms with Crippen LogP contribution in [0, 0.1) is 13.0 Å². The topological polar surface area (TPSA) is 69.9 Å². The number of hydrogen-bond donors (Lipinski definition) is 0. The molecule has 43 heavy (non-hydrogen) atoms. The number of fused-ring (bicyclic) bond motifs is 1. The zero-order chi connectivity index (χ0) is 30.8. The number of rotatable bonds is 8. The van der Waals surface area contributed by atoms with Gasteiger partial charge in [0.05, 0.1) is 31.5 Å². The Hall–Kier alpha value is -2.49. The number of halogens is 3. The van der Waals surface area contributed by atoms with Gasteiger partial charge in [0.2, 0.25) is 0 Å². The monoisotopic (exact) mass is 840 g/mol. The lowest BCUT2D eigenvalue weighted by Gasteiger charge is -2.25. The number of aromatic nitrogens is 1. The van der Waals surface area contributed by atoms with Crippen molar-refractivity contribution in [1.82, 2.24) is 4.57 Å². The van der Waals surface area contributed by atoms with Gasteiger partial charge >= 0.3 is 5.97 Å². The number of benzene rings is 3. The number of thiazole rings is 1. The third kappa shape index (κ3) is 6.94. The summed E-state index contributed by atoms with van der Waals surface area (Å²) in [4.78, 5) is 33.8. The molecular formula is C32H27FI2N2O4S2. The molecule has 222 valence electrons. The first-order valence-corrected chi connectivity index (χ1v) is 17.5. The molecule has 3 aromatic carbocycles. The van der Waals surface area contributed by atoms with Crippen molar-refractivity contribution in [1.29, 1.82) is 0 Å². The minimum Gasteiger partial charge on any atom is -0.487 e. The highest BCUT2D eigenvalue weighted by Crippen LogP contribution is 2.33. The molecule has 6 nitrogen and oxygen atoms in total. The van der Waals surface area contributed by atoms with Crippen LogP contribution in [0.4, 0.5) is 4.39 Å². The van der Waals surface area contributed by atoms with Crippen LogP contribution in [-0.4, -0.2) is 22.9 Å². The minimum atomic E-state index is -0.701. The van der Waals surface area contributed by atoms with E-state index in [1.54, 1.807) is 61.4 Å². The summed E-state index contributed by atoms with van der Waals surface area (Å²) in [6.07, 6.45) is 3.44. The SMILES string of the molecule is CSc1ccc([C@H]2C(C(=O)OC(C)C)=C(C)N=c3s/c(=C\c4cc(I)cc(I)c4OCc4ccccc4F)c(=O)n32)cc1. The van der Waals surface area contributed by atoms with Crippen LogP contribution < -0.4 is 19.6 Å². The lowest BCUT2D eigenvalue weighted by Crippen LogP contribution is -2.40. The molecule has 0 unspecified atom stereocenters. The Morgan fingerprint density at radius 2 is 1.88 bits per heavy atom. The summed E-state index contributed by atoms with van der Waals surface area (Å²) >= 11 is 7.27. The van der Waals surface area contributed by atoms with Crippen LogP contribution in [0.15, 0.2) is 86.6 Å². The molecule has 0 N–H and O–H groups in total. The number of carbonyl (C=O) groups excluding carboxylic acids is 1. The molecule has 0 radical (unpaired) electrons. The summed E-state index contributed by atoms with van der Waals surface area (Å²) in [5.41, 5.74) is 2.48. The summed E-state index contributed by atoms with van der Waals surface area (Å²) in [6.45, 7) is 5.39. The molecule has 1 atom stereocenters. The Morgan fingerprint density at radius 3 is 2.56 bits per heavy atom. The smallest absolute Gasteiger partial charge is 0.338 e. The van der Waals surface area contributed by atoms with Gasteiger partial charge in [-0.05, 0) is 114 Å². The molecule has 1 aromatic heterocycles. The average Bonchev–Trinajstić information content (AvgIpc) is 3.26. The second-order valence-electron chi connectivity index (χ2n) is 10.00. The van der Waals surface area contributed by atoms with Crippen molar-refractivity contribution in [2.24, 2.45) is 4.99 Å². The number of hydrogen-bond acceptors (Lipinski definition) is 7. The number of nitrogens with zero attached hydrogens (tertiary/aromatic N) is 2. The zero-order valence-electron chi connectivity index (χ0n) is 23.7. The largest absolute Gasteiger partial charge is 0.487 e. The maximum atomic E-state index is 14.3. The highest BCUT2D eigenvalue weighted by atomic mass is 127. The van der Waals surface area contributed by atoms with Crippen molar-refractivity contribution in [3.8, 4) is 5.75 Å². The van der Waals surface area contributed by atoms with Gasteiger partial charge in [0.1, 0.15) is 18.2 Å². The normalized spacial score (nSPS) is 15.0. The average molecular weight is 841 g/mol.